The van der Waals surface area contributed by atoms with Gasteiger partial charge in [0.25, 0.3) is 0 Å². The van der Waals surface area contributed by atoms with E-state index in [0.29, 0.717) is 5.56 Å². The molecule has 4 heteroatoms. The fourth-order valence-corrected chi connectivity index (χ4v) is 4.98. The van der Waals surface area contributed by atoms with Crippen LogP contribution in [-0.4, -0.2) is 19.4 Å². The number of cyclic esters (lactones) is 1. The smallest absolute Gasteiger partial charge is 0.315 e. The minimum absolute atomic E-state index is 0.0164. The summed E-state index contributed by atoms with van der Waals surface area (Å²) in [6, 6.07) is 3.90. The van der Waals surface area contributed by atoms with Crippen molar-refractivity contribution in [2.24, 2.45) is 5.41 Å². The SMILES string of the molecule is CO[C@H]1OC(=O)[C@H](C)c2c([C@@]3(C)CCCC(C)(C)C3)ccc(C=O)c21. The Bertz CT molecular complexity index is 706. The van der Waals surface area contributed by atoms with Gasteiger partial charge >= 0.3 is 5.97 Å². The van der Waals surface area contributed by atoms with Crippen molar-refractivity contribution in [3.8, 4) is 0 Å². The number of ether oxygens (including phenoxy) is 2. The average Bonchev–Trinajstić information content (AvgIpc) is 2.55. The van der Waals surface area contributed by atoms with E-state index in [1.807, 2.05) is 19.1 Å². The summed E-state index contributed by atoms with van der Waals surface area (Å²) in [5, 5.41) is 0. The topological polar surface area (TPSA) is 52.6 Å². The second-order valence-electron chi connectivity index (χ2n) is 8.63. The maximum Gasteiger partial charge on any atom is 0.315 e. The second kappa shape index (κ2) is 6.24. The molecule has 1 aliphatic carbocycles. The van der Waals surface area contributed by atoms with Crippen LogP contribution in [0.15, 0.2) is 12.1 Å². The molecule has 1 aromatic rings. The number of carbonyl (C=O) groups is 2. The van der Waals surface area contributed by atoms with Gasteiger partial charge in [0, 0.05) is 18.2 Å². The molecule has 0 aromatic heterocycles. The molecular weight excluding hydrogens is 316 g/mol. The number of fused-ring (bicyclic) bond motifs is 1. The Morgan fingerprint density at radius 1 is 1.20 bits per heavy atom. The number of methoxy groups -OCH3 is 1. The van der Waals surface area contributed by atoms with Gasteiger partial charge in [0.05, 0.1) is 5.92 Å². The Balaban J connectivity index is 2.22. The second-order valence-corrected chi connectivity index (χ2v) is 8.63. The van der Waals surface area contributed by atoms with Gasteiger partial charge in [0.15, 0.2) is 6.29 Å². The van der Waals surface area contributed by atoms with E-state index in [2.05, 4.69) is 20.8 Å². The van der Waals surface area contributed by atoms with E-state index in [0.717, 1.165) is 30.3 Å². The lowest BCUT2D eigenvalue weighted by Crippen LogP contribution is -2.37. The van der Waals surface area contributed by atoms with Crippen molar-refractivity contribution < 1.29 is 19.1 Å². The van der Waals surface area contributed by atoms with Crippen LogP contribution in [0.2, 0.25) is 0 Å². The Hall–Kier alpha value is -1.68. The van der Waals surface area contributed by atoms with Crippen molar-refractivity contribution >= 4 is 12.3 Å². The van der Waals surface area contributed by atoms with Gasteiger partial charge in [-0.15, -0.1) is 0 Å². The molecule has 1 aromatic carbocycles. The number of hydrogen-bond donors (Lipinski definition) is 0. The molecule has 25 heavy (non-hydrogen) atoms. The lowest BCUT2D eigenvalue weighted by atomic mass is 9.60. The molecule has 136 valence electrons. The van der Waals surface area contributed by atoms with Crippen molar-refractivity contribution in [1.29, 1.82) is 0 Å². The number of esters is 1. The summed E-state index contributed by atoms with van der Waals surface area (Å²) in [5.74, 6) is -0.680. The van der Waals surface area contributed by atoms with Crippen molar-refractivity contribution in [2.75, 3.05) is 7.11 Å². The number of benzene rings is 1. The molecule has 2 aliphatic rings. The van der Waals surface area contributed by atoms with Crippen LogP contribution >= 0.6 is 0 Å². The Morgan fingerprint density at radius 2 is 1.92 bits per heavy atom. The zero-order valence-corrected chi connectivity index (χ0v) is 15.8. The average molecular weight is 344 g/mol. The highest BCUT2D eigenvalue weighted by Crippen LogP contribution is 2.51. The lowest BCUT2D eigenvalue weighted by molar-refractivity contribution is -0.180. The van der Waals surface area contributed by atoms with E-state index in [1.54, 1.807) is 0 Å². The summed E-state index contributed by atoms with van der Waals surface area (Å²) in [6.07, 6.45) is 4.55. The third-order valence-electron chi connectivity index (χ3n) is 6.01. The van der Waals surface area contributed by atoms with Crippen LogP contribution in [0.4, 0.5) is 0 Å². The largest absolute Gasteiger partial charge is 0.431 e. The Kier molecular flexibility index (Phi) is 4.52. The number of hydrogen-bond acceptors (Lipinski definition) is 4. The highest BCUT2D eigenvalue weighted by atomic mass is 16.7. The van der Waals surface area contributed by atoms with Gasteiger partial charge in [-0.05, 0) is 48.1 Å². The monoisotopic (exact) mass is 344 g/mol. The summed E-state index contributed by atoms with van der Waals surface area (Å²) >= 11 is 0. The van der Waals surface area contributed by atoms with Gasteiger partial charge in [0.1, 0.15) is 0 Å². The molecule has 3 atom stereocenters. The van der Waals surface area contributed by atoms with E-state index < -0.39 is 12.2 Å². The Labute approximate surface area is 149 Å². The fourth-order valence-electron chi connectivity index (χ4n) is 4.98. The lowest BCUT2D eigenvalue weighted by Gasteiger charge is -2.45. The van der Waals surface area contributed by atoms with Crippen LogP contribution in [0.3, 0.4) is 0 Å². The highest BCUT2D eigenvalue weighted by molar-refractivity contribution is 5.86. The van der Waals surface area contributed by atoms with Gasteiger partial charge in [0.2, 0.25) is 6.29 Å². The van der Waals surface area contributed by atoms with Gasteiger partial charge in [-0.1, -0.05) is 39.3 Å². The van der Waals surface area contributed by atoms with E-state index in [9.17, 15) is 9.59 Å². The summed E-state index contributed by atoms with van der Waals surface area (Å²) < 4.78 is 10.8. The summed E-state index contributed by atoms with van der Waals surface area (Å²) in [5.41, 5.74) is 3.63. The molecule has 4 nitrogen and oxygen atoms in total. The molecule has 0 unspecified atom stereocenters. The minimum Gasteiger partial charge on any atom is -0.431 e. The summed E-state index contributed by atoms with van der Waals surface area (Å²) in [7, 11) is 1.50. The number of carbonyl (C=O) groups excluding carboxylic acids is 2. The molecule has 1 saturated carbocycles. The first kappa shape index (κ1) is 18.1. The molecule has 0 radical (unpaired) electrons. The molecule has 1 aliphatic heterocycles. The van der Waals surface area contributed by atoms with E-state index in [1.165, 1.54) is 25.5 Å². The van der Waals surface area contributed by atoms with Gasteiger partial charge in [-0.25, -0.2) is 0 Å². The van der Waals surface area contributed by atoms with Crippen LogP contribution < -0.4 is 0 Å². The summed E-state index contributed by atoms with van der Waals surface area (Å²) in [6.45, 7) is 8.78. The molecule has 0 bridgehead atoms. The van der Waals surface area contributed by atoms with Crippen LogP contribution in [0, 0.1) is 5.41 Å². The standard InChI is InChI=1S/C21H28O4/c1-13-16-15(21(4)10-6-9-20(2,3)12-21)8-7-14(11-22)17(16)19(24-5)25-18(13)23/h7-8,11,13,19H,6,9-10,12H2,1-5H3/t13-,19+,21+/m1/s1. The van der Waals surface area contributed by atoms with Crippen molar-refractivity contribution in [1.82, 2.24) is 0 Å². The van der Waals surface area contributed by atoms with Crippen LogP contribution in [0.1, 0.15) is 92.6 Å². The normalized spacial score (nSPS) is 31.2. The third-order valence-corrected chi connectivity index (χ3v) is 6.01. The van der Waals surface area contributed by atoms with Gasteiger partial charge < -0.3 is 9.47 Å². The highest BCUT2D eigenvalue weighted by Gasteiger charge is 2.43. The number of rotatable bonds is 3. The van der Waals surface area contributed by atoms with Crippen molar-refractivity contribution in [3.05, 3.63) is 34.4 Å². The third kappa shape index (κ3) is 3.01. The number of aldehydes is 1. The quantitative estimate of drug-likeness (QED) is 0.591. The first-order valence-corrected chi connectivity index (χ1v) is 9.08. The molecular formula is C21H28O4. The maximum absolute atomic E-state index is 12.4. The molecule has 0 saturated heterocycles. The van der Waals surface area contributed by atoms with Crippen molar-refractivity contribution in [3.63, 3.8) is 0 Å². The van der Waals surface area contributed by atoms with Gasteiger partial charge in [-0.3, -0.25) is 9.59 Å². The first-order chi connectivity index (χ1) is 11.7. The predicted octanol–water partition coefficient (Wildman–Crippen LogP) is 4.66. The Morgan fingerprint density at radius 3 is 2.52 bits per heavy atom. The van der Waals surface area contributed by atoms with E-state index in [4.69, 9.17) is 9.47 Å². The fraction of sp³-hybridized carbons (Fsp3) is 0.619. The summed E-state index contributed by atoms with van der Waals surface area (Å²) in [4.78, 5) is 24.0. The maximum atomic E-state index is 12.4. The van der Waals surface area contributed by atoms with Crippen LogP contribution in [0.5, 0.6) is 0 Å². The predicted molar refractivity (Wildman–Crippen MR) is 95.7 cm³/mol. The molecule has 3 rings (SSSR count). The minimum atomic E-state index is -0.806. The van der Waals surface area contributed by atoms with Gasteiger partial charge in [-0.2, -0.15) is 0 Å². The molecule has 1 heterocycles. The zero-order chi connectivity index (χ0) is 18.4. The molecule has 0 N–H and O–H groups in total. The molecule has 1 fully saturated rings. The first-order valence-electron chi connectivity index (χ1n) is 9.08. The van der Waals surface area contributed by atoms with E-state index in [-0.39, 0.29) is 16.8 Å². The molecule has 0 amide bonds. The van der Waals surface area contributed by atoms with Crippen LogP contribution in [0.25, 0.3) is 0 Å². The van der Waals surface area contributed by atoms with Crippen molar-refractivity contribution in [2.45, 2.75) is 71.0 Å². The van der Waals surface area contributed by atoms with E-state index >= 15 is 0 Å². The molecule has 0 spiro atoms. The zero-order valence-electron chi connectivity index (χ0n) is 15.8. The van der Waals surface area contributed by atoms with Crippen LogP contribution in [-0.2, 0) is 19.7 Å².